The summed E-state index contributed by atoms with van der Waals surface area (Å²) in [4.78, 5) is 22.9. The van der Waals surface area contributed by atoms with Gasteiger partial charge in [-0.2, -0.15) is 0 Å². The van der Waals surface area contributed by atoms with Crippen LogP contribution in [0.3, 0.4) is 0 Å². The molecule has 7 nitrogen and oxygen atoms in total. The second-order valence-electron chi connectivity index (χ2n) is 8.59. The Morgan fingerprint density at radius 3 is 2.41 bits per heavy atom. The minimum absolute atomic E-state index is 0.00302. The highest BCUT2D eigenvalue weighted by atomic mass is 16.5. The molecule has 2 heterocycles. The molecular formula is C22H31N5O2. The van der Waals surface area contributed by atoms with Gasteiger partial charge < -0.3 is 20.7 Å². The molecule has 7 heteroatoms. The molecule has 1 aromatic carbocycles. The number of benzene rings is 1. The number of nitrogens with one attached hydrogen (secondary N) is 1. The van der Waals surface area contributed by atoms with E-state index in [9.17, 15) is 4.79 Å². The SMILES string of the molecule is COCc1cc(Nc2ccc(N3CCC(C(N)=O)CC3)cc2)nc(C(C)(C)C)n1. The summed E-state index contributed by atoms with van der Waals surface area (Å²) in [7, 11) is 1.66. The van der Waals surface area contributed by atoms with Crippen LogP contribution in [0, 0.1) is 5.92 Å². The van der Waals surface area contributed by atoms with E-state index >= 15 is 0 Å². The van der Waals surface area contributed by atoms with Crippen LogP contribution in [-0.2, 0) is 21.6 Å². The highest BCUT2D eigenvalue weighted by Gasteiger charge is 2.23. The zero-order chi connectivity index (χ0) is 21.0. The summed E-state index contributed by atoms with van der Waals surface area (Å²) in [5, 5.41) is 3.38. The van der Waals surface area contributed by atoms with Gasteiger partial charge in [0.2, 0.25) is 5.91 Å². The van der Waals surface area contributed by atoms with Crippen molar-refractivity contribution in [1.29, 1.82) is 0 Å². The molecule has 0 saturated carbocycles. The Morgan fingerprint density at radius 2 is 1.86 bits per heavy atom. The molecule has 0 unspecified atom stereocenters. The van der Waals surface area contributed by atoms with E-state index in [-0.39, 0.29) is 17.2 Å². The van der Waals surface area contributed by atoms with Crippen LogP contribution in [0.4, 0.5) is 17.2 Å². The first-order chi connectivity index (χ1) is 13.8. The van der Waals surface area contributed by atoms with Crippen molar-refractivity contribution in [2.75, 3.05) is 30.4 Å². The first-order valence-corrected chi connectivity index (χ1v) is 10.0. The number of primary amides is 1. The third-order valence-electron chi connectivity index (χ3n) is 5.14. The van der Waals surface area contributed by atoms with Crippen molar-refractivity contribution in [3.8, 4) is 0 Å². The van der Waals surface area contributed by atoms with Crippen LogP contribution in [0.15, 0.2) is 30.3 Å². The number of carbonyl (C=O) groups is 1. The summed E-state index contributed by atoms with van der Waals surface area (Å²) in [6.07, 6.45) is 1.63. The fourth-order valence-corrected chi connectivity index (χ4v) is 3.44. The molecule has 0 spiro atoms. The number of rotatable bonds is 6. The number of hydrogen-bond acceptors (Lipinski definition) is 6. The molecular weight excluding hydrogens is 366 g/mol. The minimum Gasteiger partial charge on any atom is -0.378 e. The van der Waals surface area contributed by atoms with Crippen LogP contribution in [0.25, 0.3) is 0 Å². The number of amides is 1. The zero-order valence-electron chi connectivity index (χ0n) is 17.7. The summed E-state index contributed by atoms with van der Waals surface area (Å²) in [5.74, 6) is 1.36. The maximum absolute atomic E-state index is 11.3. The van der Waals surface area contributed by atoms with Gasteiger partial charge in [0, 0.05) is 49.0 Å². The molecule has 0 radical (unpaired) electrons. The fraction of sp³-hybridized carbons (Fsp3) is 0.500. The Kier molecular flexibility index (Phi) is 6.37. The van der Waals surface area contributed by atoms with Gasteiger partial charge in [-0.15, -0.1) is 0 Å². The number of ether oxygens (including phenoxy) is 1. The number of nitrogens with two attached hydrogens (primary N) is 1. The van der Waals surface area contributed by atoms with Crippen LogP contribution in [-0.4, -0.2) is 36.1 Å². The lowest BCUT2D eigenvalue weighted by molar-refractivity contribution is -0.122. The Morgan fingerprint density at radius 1 is 1.21 bits per heavy atom. The lowest BCUT2D eigenvalue weighted by atomic mass is 9.95. The molecule has 3 N–H and O–H groups in total. The summed E-state index contributed by atoms with van der Waals surface area (Å²) in [5.41, 5.74) is 8.24. The Hall–Kier alpha value is -2.67. The van der Waals surface area contributed by atoms with Gasteiger partial charge in [0.25, 0.3) is 0 Å². The summed E-state index contributed by atoms with van der Waals surface area (Å²) >= 11 is 0. The van der Waals surface area contributed by atoms with Gasteiger partial charge in [0.15, 0.2) is 0 Å². The van der Waals surface area contributed by atoms with Gasteiger partial charge in [-0.25, -0.2) is 9.97 Å². The number of hydrogen-bond donors (Lipinski definition) is 2. The van der Waals surface area contributed by atoms with Crippen LogP contribution in [0.1, 0.15) is 45.1 Å². The van der Waals surface area contributed by atoms with Crippen molar-refractivity contribution in [3.63, 3.8) is 0 Å². The van der Waals surface area contributed by atoms with Crippen molar-refractivity contribution in [3.05, 3.63) is 41.9 Å². The highest BCUT2D eigenvalue weighted by Crippen LogP contribution is 2.26. The Labute approximate surface area is 172 Å². The van der Waals surface area contributed by atoms with Crippen LogP contribution >= 0.6 is 0 Å². The topological polar surface area (TPSA) is 93.4 Å². The average Bonchev–Trinajstić information content (AvgIpc) is 2.68. The van der Waals surface area contributed by atoms with E-state index in [1.165, 1.54) is 0 Å². The predicted octanol–water partition coefficient (Wildman–Crippen LogP) is 3.37. The smallest absolute Gasteiger partial charge is 0.220 e. The van der Waals surface area contributed by atoms with E-state index in [2.05, 4.69) is 53.1 Å². The van der Waals surface area contributed by atoms with Gasteiger partial charge in [0.1, 0.15) is 11.6 Å². The normalized spacial score (nSPS) is 15.4. The van der Waals surface area contributed by atoms with Crippen molar-refractivity contribution in [2.45, 2.75) is 45.6 Å². The van der Waals surface area contributed by atoms with Crippen molar-refractivity contribution < 1.29 is 9.53 Å². The summed E-state index contributed by atoms with van der Waals surface area (Å²) in [6, 6.07) is 10.2. The van der Waals surface area contributed by atoms with Gasteiger partial charge in [-0.1, -0.05) is 20.8 Å². The molecule has 1 aliphatic rings. The van der Waals surface area contributed by atoms with E-state index in [1.807, 2.05) is 18.2 Å². The Bertz CT molecular complexity index is 837. The number of aromatic nitrogens is 2. The van der Waals surface area contributed by atoms with Crippen molar-refractivity contribution >= 4 is 23.1 Å². The highest BCUT2D eigenvalue weighted by molar-refractivity contribution is 5.77. The van der Waals surface area contributed by atoms with Crippen molar-refractivity contribution in [2.24, 2.45) is 11.7 Å². The van der Waals surface area contributed by atoms with Crippen LogP contribution < -0.4 is 16.0 Å². The van der Waals surface area contributed by atoms with Crippen LogP contribution in [0.2, 0.25) is 0 Å². The van der Waals surface area contributed by atoms with Gasteiger partial charge >= 0.3 is 0 Å². The number of piperidine rings is 1. The minimum atomic E-state index is -0.184. The van der Waals surface area contributed by atoms with Gasteiger partial charge in [-0.05, 0) is 37.1 Å². The van der Waals surface area contributed by atoms with E-state index in [4.69, 9.17) is 10.5 Å². The summed E-state index contributed by atoms with van der Waals surface area (Å²) < 4.78 is 5.25. The standard InChI is InChI=1S/C22H31N5O2/c1-22(2,3)21-25-17(14-29-4)13-19(26-21)24-16-5-7-18(8-6-16)27-11-9-15(10-12-27)20(23)28/h5-8,13,15H,9-12,14H2,1-4H3,(H2,23,28)(H,24,25,26). The summed E-state index contributed by atoms with van der Waals surface area (Å²) in [6.45, 7) is 8.43. The largest absolute Gasteiger partial charge is 0.378 e. The maximum Gasteiger partial charge on any atom is 0.220 e. The van der Waals surface area contributed by atoms with Gasteiger partial charge in [-0.3, -0.25) is 4.79 Å². The van der Waals surface area contributed by atoms with E-state index in [1.54, 1.807) is 7.11 Å². The molecule has 1 amide bonds. The molecule has 156 valence electrons. The molecule has 1 fully saturated rings. The van der Waals surface area contributed by atoms with E-state index in [0.717, 1.165) is 54.6 Å². The number of carbonyl (C=O) groups excluding carboxylic acids is 1. The Balaban J connectivity index is 1.71. The number of methoxy groups -OCH3 is 1. The fourth-order valence-electron chi connectivity index (χ4n) is 3.44. The molecule has 1 aliphatic heterocycles. The third-order valence-corrected chi connectivity index (χ3v) is 5.14. The lowest BCUT2D eigenvalue weighted by Gasteiger charge is -2.32. The molecule has 2 aromatic rings. The molecule has 1 saturated heterocycles. The monoisotopic (exact) mass is 397 g/mol. The first-order valence-electron chi connectivity index (χ1n) is 10.0. The second-order valence-corrected chi connectivity index (χ2v) is 8.59. The zero-order valence-corrected chi connectivity index (χ0v) is 17.7. The van der Waals surface area contributed by atoms with Crippen LogP contribution in [0.5, 0.6) is 0 Å². The average molecular weight is 398 g/mol. The predicted molar refractivity (Wildman–Crippen MR) is 115 cm³/mol. The van der Waals surface area contributed by atoms with Gasteiger partial charge in [0.05, 0.1) is 12.3 Å². The molecule has 0 bridgehead atoms. The van der Waals surface area contributed by atoms with Crippen molar-refractivity contribution in [1.82, 2.24) is 9.97 Å². The third kappa shape index (κ3) is 5.44. The molecule has 29 heavy (non-hydrogen) atoms. The second kappa shape index (κ2) is 8.78. The number of anilines is 3. The molecule has 3 rings (SSSR count). The molecule has 0 atom stereocenters. The molecule has 1 aromatic heterocycles. The quantitative estimate of drug-likeness (QED) is 0.776. The lowest BCUT2D eigenvalue weighted by Crippen LogP contribution is -2.38. The maximum atomic E-state index is 11.3. The van der Waals surface area contributed by atoms with E-state index < -0.39 is 0 Å². The number of nitrogens with zero attached hydrogens (tertiary/aromatic N) is 3. The van der Waals surface area contributed by atoms with E-state index in [0.29, 0.717) is 6.61 Å². The molecule has 0 aliphatic carbocycles. The first kappa shape index (κ1) is 21.0.